The first-order valence-electron chi connectivity index (χ1n) is 6.08. The van der Waals surface area contributed by atoms with E-state index in [0.29, 0.717) is 19.1 Å². The molecule has 0 spiro atoms. The highest BCUT2D eigenvalue weighted by molar-refractivity contribution is 5.78. The highest BCUT2D eigenvalue weighted by Crippen LogP contribution is 2.32. The van der Waals surface area contributed by atoms with Crippen LogP contribution in [0, 0.1) is 0 Å². The number of rotatable bonds is 5. The molecule has 0 fully saturated rings. The number of primary amides is 1. The fourth-order valence-corrected chi connectivity index (χ4v) is 2.12. The van der Waals surface area contributed by atoms with Crippen LogP contribution >= 0.6 is 0 Å². The zero-order chi connectivity index (χ0) is 13.0. The number of carbonyl (C=O) groups is 1. The van der Waals surface area contributed by atoms with E-state index in [1.165, 1.54) is 5.56 Å². The Kier molecular flexibility index (Phi) is 4.17. The molecule has 2 unspecified atom stereocenters. The van der Waals surface area contributed by atoms with E-state index in [9.17, 15) is 9.90 Å². The summed E-state index contributed by atoms with van der Waals surface area (Å²) in [5.74, 6) is 0.566. The van der Waals surface area contributed by atoms with Crippen molar-refractivity contribution in [2.45, 2.75) is 18.4 Å². The van der Waals surface area contributed by atoms with E-state index in [4.69, 9.17) is 10.5 Å². The zero-order valence-electron chi connectivity index (χ0n) is 10.1. The fourth-order valence-electron chi connectivity index (χ4n) is 2.12. The summed E-state index contributed by atoms with van der Waals surface area (Å²) in [5.41, 5.74) is 6.15. The van der Waals surface area contributed by atoms with Gasteiger partial charge in [-0.05, 0) is 18.1 Å². The van der Waals surface area contributed by atoms with E-state index < -0.39 is 12.0 Å². The maximum atomic E-state index is 10.7. The second kappa shape index (κ2) is 5.84. The number of benzene rings is 1. The summed E-state index contributed by atoms with van der Waals surface area (Å²) in [5, 5.41) is 12.4. The van der Waals surface area contributed by atoms with Gasteiger partial charge >= 0.3 is 0 Å². The van der Waals surface area contributed by atoms with E-state index in [0.717, 1.165) is 12.2 Å². The first-order valence-corrected chi connectivity index (χ1v) is 6.08. The SMILES string of the molecule is NC(=O)C(O)CNCC1CCOc2ccccc21. The third-order valence-corrected chi connectivity index (χ3v) is 3.14. The lowest BCUT2D eigenvalue weighted by Gasteiger charge is -2.26. The number of fused-ring (bicyclic) bond motifs is 1. The smallest absolute Gasteiger partial charge is 0.247 e. The molecule has 18 heavy (non-hydrogen) atoms. The minimum absolute atomic E-state index is 0.189. The number of hydrogen-bond acceptors (Lipinski definition) is 4. The topological polar surface area (TPSA) is 84.6 Å². The second-order valence-electron chi connectivity index (χ2n) is 4.45. The largest absolute Gasteiger partial charge is 0.493 e. The van der Waals surface area contributed by atoms with Gasteiger partial charge in [0.2, 0.25) is 5.91 Å². The predicted molar refractivity (Wildman–Crippen MR) is 67.4 cm³/mol. The minimum Gasteiger partial charge on any atom is -0.493 e. The minimum atomic E-state index is -1.12. The van der Waals surface area contributed by atoms with E-state index in [1.807, 2.05) is 24.3 Å². The van der Waals surface area contributed by atoms with Gasteiger partial charge in [-0.2, -0.15) is 0 Å². The van der Waals surface area contributed by atoms with Crippen molar-refractivity contribution in [3.8, 4) is 5.75 Å². The molecule has 4 N–H and O–H groups in total. The average Bonchev–Trinajstić information content (AvgIpc) is 2.38. The van der Waals surface area contributed by atoms with Gasteiger partial charge in [-0.3, -0.25) is 4.79 Å². The third-order valence-electron chi connectivity index (χ3n) is 3.14. The molecule has 2 atom stereocenters. The lowest BCUT2D eigenvalue weighted by molar-refractivity contribution is -0.125. The molecule has 1 aromatic carbocycles. The molecule has 1 aliphatic heterocycles. The van der Waals surface area contributed by atoms with Crippen LogP contribution in [0.15, 0.2) is 24.3 Å². The number of hydrogen-bond donors (Lipinski definition) is 3. The van der Waals surface area contributed by atoms with Crippen LogP contribution < -0.4 is 15.8 Å². The van der Waals surface area contributed by atoms with Gasteiger partial charge in [0.05, 0.1) is 6.61 Å². The zero-order valence-corrected chi connectivity index (χ0v) is 10.1. The summed E-state index contributed by atoms with van der Waals surface area (Å²) < 4.78 is 5.57. The van der Waals surface area contributed by atoms with Crippen molar-refractivity contribution in [2.75, 3.05) is 19.7 Å². The lowest BCUT2D eigenvalue weighted by Crippen LogP contribution is -2.39. The molecular formula is C13H18N2O3. The van der Waals surface area contributed by atoms with Gasteiger partial charge in [0.15, 0.2) is 0 Å². The van der Waals surface area contributed by atoms with Crippen molar-refractivity contribution >= 4 is 5.91 Å². The third kappa shape index (κ3) is 3.00. The van der Waals surface area contributed by atoms with Crippen molar-refractivity contribution in [3.63, 3.8) is 0 Å². The van der Waals surface area contributed by atoms with Crippen LogP contribution in [0.4, 0.5) is 0 Å². The Morgan fingerprint density at radius 1 is 1.56 bits per heavy atom. The summed E-state index contributed by atoms with van der Waals surface area (Å²) >= 11 is 0. The van der Waals surface area contributed by atoms with E-state index in [2.05, 4.69) is 5.32 Å². The van der Waals surface area contributed by atoms with Crippen LogP contribution in [0.3, 0.4) is 0 Å². The molecule has 5 nitrogen and oxygen atoms in total. The molecule has 1 heterocycles. The van der Waals surface area contributed by atoms with Crippen molar-refractivity contribution in [1.82, 2.24) is 5.32 Å². The Bertz CT molecular complexity index is 422. The molecule has 2 rings (SSSR count). The molecular weight excluding hydrogens is 232 g/mol. The molecule has 98 valence electrons. The maximum absolute atomic E-state index is 10.7. The Morgan fingerprint density at radius 3 is 3.11 bits per heavy atom. The number of nitrogens with one attached hydrogen (secondary N) is 1. The molecule has 1 aromatic rings. The molecule has 0 saturated carbocycles. The van der Waals surface area contributed by atoms with Crippen LogP contribution in [0.2, 0.25) is 0 Å². The number of aliphatic hydroxyl groups excluding tert-OH is 1. The first-order chi connectivity index (χ1) is 8.68. The highest BCUT2D eigenvalue weighted by atomic mass is 16.5. The summed E-state index contributed by atoms with van der Waals surface area (Å²) in [4.78, 5) is 10.7. The Balaban J connectivity index is 1.90. The molecule has 0 saturated heterocycles. The van der Waals surface area contributed by atoms with Gasteiger partial charge < -0.3 is 20.9 Å². The predicted octanol–water partition coefficient (Wildman–Crippen LogP) is -0.0115. The monoisotopic (exact) mass is 250 g/mol. The van der Waals surface area contributed by atoms with Crippen LogP contribution in [0.25, 0.3) is 0 Å². The standard InChI is InChI=1S/C13H18N2O3/c14-13(17)11(16)8-15-7-9-5-6-18-12-4-2-1-3-10(9)12/h1-4,9,11,15-16H,5-8H2,(H2,14,17). The molecule has 0 bridgehead atoms. The Labute approximate surface area is 106 Å². The quantitative estimate of drug-likeness (QED) is 0.686. The van der Waals surface area contributed by atoms with Crippen LogP contribution in [0.5, 0.6) is 5.75 Å². The molecule has 0 radical (unpaired) electrons. The van der Waals surface area contributed by atoms with Crippen LogP contribution in [-0.2, 0) is 4.79 Å². The van der Waals surface area contributed by atoms with E-state index in [1.54, 1.807) is 0 Å². The van der Waals surface area contributed by atoms with Gasteiger partial charge in [-0.25, -0.2) is 0 Å². The fraction of sp³-hybridized carbons (Fsp3) is 0.462. The number of ether oxygens (including phenoxy) is 1. The van der Waals surface area contributed by atoms with Gasteiger partial charge in [0, 0.05) is 19.0 Å². The van der Waals surface area contributed by atoms with Gasteiger partial charge in [0.25, 0.3) is 0 Å². The maximum Gasteiger partial charge on any atom is 0.247 e. The molecule has 5 heteroatoms. The Hall–Kier alpha value is -1.59. The van der Waals surface area contributed by atoms with E-state index in [-0.39, 0.29) is 6.54 Å². The van der Waals surface area contributed by atoms with Gasteiger partial charge in [-0.1, -0.05) is 18.2 Å². The van der Waals surface area contributed by atoms with Gasteiger partial charge in [0.1, 0.15) is 11.9 Å². The average molecular weight is 250 g/mol. The summed E-state index contributed by atoms with van der Waals surface area (Å²) in [6, 6.07) is 7.94. The lowest BCUT2D eigenvalue weighted by atomic mass is 9.93. The van der Waals surface area contributed by atoms with Crippen molar-refractivity contribution < 1.29 is 14.6 Å². The first kappa shape index (κ1) is 12.9. The summed E-state index contributed by atoms with van der Waals surface area (Å²) in [6.45, 7) is 1.58. The molecule has 1 amide bonds. The van der Waals surface area contributed by atoms with E-state index >= 15 is 0 Å². The number of aliphatic hydroxyl groups is 1. The molecule has 0 aromatic heterocycles. The summed E-state index contributed by atoms with van der Waals surface area (Å²) in [7, 11) is 0. The number of carbonyl (C=O) groups excluding carboxylic acids is 1. The number of amides is 1. The van der Waals surface area contributed by atoms with Gasteiger partial charge in [-0.15, -0.1) is 0 Å². The summed E-state index contributed by atoms with van der Waals surface area (Å²) in [6.07, 6.45) is -0.198. The van der Waals surface area contributed by atoms with Crippen molar-refractivity contribution in [1.29, 1.82) is 0 Å². The normalized spacial score (nSPS) is 19.7. The highest BCUT2D eigenvalue weighted by Gasteiger charge is 2.21. The van der Waals surface area contributed by atoms with Crippen molar-refractivity contribution in [2.24, 2.45) is 5.73 Å². The Morgan fingerprint density at radius 2 is 2.33 bits per heavy atom. The molecule has 1 aliphatic rings. The number of para-hydroxylation sites is 1. The second-order valence-corrected chi connectivity index (χ2v) is 4.45. The van der Waals surface area contributed by atoms with Crippen molar-refractivity contribution in [3.05, 3.63) is 29.8 Å². The number of nitrogens with two attached hydrogens (primary N) is 1. The molecule has 0 aliphatic carbocycles. The van der Waals surface area contributed by atoms with Crippen LogP contribution in [0.1, 0.15) is 17.9 Å². The van der Waals surface area contributed by atoms with Crippen LogP contribution in [-0.4, -0.2) is 36.8 Å².